The number of benzene rings is 2. The number of nitrogens with one attached hydrogen (secondary N) is 3. The highest BCUT2D eigenvalue weighted by atomic mass is 35.5. The molecule has 0 atom stereocenters. The third-order valence-corrected chi connectivity index (χ3v) is 4.19. The van der Waals surface area contributed by atoms with Crippen molar-refractivity contribution in [3.8, 4) is 0 Å². The van der Waals surface area contributed by atoms with Gasteiger partial charge in [0, 0.05) is 11.8 Å². The molecule has 0 bridgehead atoms. The Kier molecular flexibility index (Phi) is 6.03. The van der Waals surface area contributed by atoms with Gasteiger partial charge < -0.3 is 16.4 Å². The molecule has 0 fully saturated rings. The Morgan fingerprint density at radius 3 is 2.33 bits per heavy atom. The van der Waals surface area contributed by atoms with E-state index in [9.17, 15) is 18.4 Å². The van der Waals surface area contributed by atoms with Crippen LogP contribution in [0.15, 0.2) is 54.7 Å². The molecule has 0 saturated carbocycles. The molecule has 0 aliphatic heterocycles. The van der Waals surface area contributed by atoms with Crippen molar-refractivity contribution >= 4 is 40.8 Å². The van der Waals surface area contributed by atoms with E-state index >= 15 is 0 Å². The lowest BCUT2D eigenvalue weighted by molar-refractivity contribution is 0.102. The van der Waals surface area contributed by atoms with E-state index in [1.54, 1.807) is 0 Å². The maximum atomic E-state index is 14.2. The molecule has 0 aliphatic rings. The van der Waals surface area contributed by atoms with E-state index in [-0.39, 0.29) is 34.0 Å². The van der Waals surface area contributed by atoms with E-state index in [0.717, 1.165) is 24.3 Å². The van der Waals surface area contributed by atoms with Crippen LogP contribution in [-0.2, 0) is 0 Å². The number of anilines is 2. The predicted octanol–water partition coefficient (Wildman–Crippen LogP) is 3.80. The smallest absolute Gasteiger partial charge is 0.259 e. The second-order valence-corrected chi connectivity index (χ2v) is 6.50. The molecule has 152 valence electrons. The summed E-state index contributed by atoms with van der Waals surface area (Å²) in [6.07, 6.45) is 1.32. The SMILES string of the molecule is N=C(N)c1ccc(C(=O)Nc2ccc(F)cc2C(=O)Nc2ccc(Cl)cn2)c(F)c1. The van der Waals surface area contributed by atoms with Crippen molar-refractivity contribution < 1.29 is 18.4 Å². The summed E-state index contributed by atoms with van der Waals surface area (Å²) in [6.45, 7) is 0. The van der Waals surface area contributed by atoms with Gasteiger partial charge in [-0.3, -0.25) is 15.0 Å². The van der Waals surface area contributed by atoms with Crippen molar-refractivity contribution in [3.63, 3.8) is 0 Å². The van der Waals surface area contributed by atoms with Gasteiger partial charge in [-0.15, -0.1) is 0 Å². The molecule has 3 rings (SSSR count). The molecule has 1 heterocycles. The molecular formula is C20H14ClF2N5O2. The summed E-state index contributed by atoms with van der Waals surface area (Å²) in [6, 6.07) is 9.52. The van der Waals surface area contributed by atoms with Crippen molar-refractivity contribution in [2.24, 2.45) is 5.73 Å². The van der Waals surface area contributed by atoms with E-state index in [2.05, 4.69) is 15.6 Å². The quantitative estimate of drug-likeness (QED) is 0.364. The fourth-order valence-corrected chi connectivity index (χ4v) is 2.61. The fourth-order valence-electron chi connectivity index (χ4n) is 2.50. The van der Waals surface area contributed by atoms with Gasteiger partial charge in [0.05, 0.1) is 21.8 Å². The molecule has 1 aromatic heterocycles. The monoisotopic (exact) mass is 429 g/mol. The average molecular weight is 430 g/mol. The second-order valence-electron chi connectivity index (χ2n) is 6.07. The highest BCUT2D eigenvalue weighted by molar-refractivity contribution is 6.30. The van der Waals surface area contributed by atoms with Crippen LogP contribution < -0.4 is 16.4 Å². The van der Waals surface area contributed by atoms with E-state index in [1.165, 1.54) is 30.5 Å². The zero-order chi connectivity index (χ0) is 21.8. The van der Waals surface area contributed by atoms with Crippen LogP contribution in [0.5, 0.6) is 0 Å². The van der Waals surface area contributed by atoms with Crippen molar-refractivity contribution in [1.82, 2.24) is 4.98 Å². The van der Waals surface area contributed by atoms with E-state index in [1.807, 2.05) is 0 Å². The summed E-state index contributed by atoms with van der Waals surface area (Å²) in [5, 5.41) is 12.5. The van der Waals surface area contributed by atoms with Gasteiger partial charge in [-0.25, -0.2) is 13.8 Å². The number of nitrogen functional groups attached to an aromatic ring is 1. The topological polar surface area (TPSA) is 121 Å². The number of carbonyl (C=O) groups is 2. The van der Waals surface area contributed by atoms with Crippen LogP contribution in [-0.4, -0.2) is 22.6 Å². The normalized spacial score (nSPS) is 10.4. The Labute approximate surface area is 174 Å². The average Bonchev–Trinajstić information content (AvgIpc) is 2.70. The first-order chi connectivity index (χ1) is 14.2. The Balaban J connectivity index is 1.86. The zero-order valence-corrected chi connectivity index (χ0v) is 15.9. The summed E-state index contributed by atoms with van der Waals surface area (Å²) in [5.74, 6) is -3.41. The maximum absolute atomic E-state index is 14.2. The fraction of sp³-hybridized carbons (Fsp3) is 0. The molecule has 0 saturated heterocycles. The summed E-state index contributed by atoms with van der Waals surface area (Å²) in [4.78, 5) is 29.0. The molecule has 0 aliphatic carbocycles. The number of hydrogen-bond acceptors (Lipinski definition) is 4. The van der Waals surface area contributed by atoms with Crippen molar-refractivity contribution in [3.05, 3.63) is 88.1 Å². The van der Waals surface area contributed by atoms with E-state index in [0.29, 0.717) is 5.02 Å². The number of nitrogens with two attached hydrogens (primary N) is 1. The minimum Gasteiger partial charge on any atom is -0.384 e. The van der Waals surface area contributed by atoms with Gasteiger partial charge in [-0.2, -0.15) is 0 Å². The van der Waals surface area contributed by atoms with Crippen molar-refractivity contribution in [2.75, 3.05) is 10.6 Å². The van der Waals surface area contributed by atoms with Gasteiger partial charge in [0.15, 0.2) is 0 Å². The van der Waals surface area contributed by atoms with Gasteiger partial charge in [0.25, 0.3) is 11.8 Å². The first-order valence-electron chi connectivity index (χ1n) is 8.42. The summed E-state index contributed by atoms with van der Waals surface area (Å²) in [7, 11) is 0. The lowest BCUT2D eigenvalue weighted by Gasteiger charge is -2.12. The van der Waals surface area contributed by atoms with Gasteiger partial charge in [0.2, 0.25) is 0 Å². The van der Waals surface area contributed by atoms with Gasteiger partial charge in [-0.05, 0) is 42.5 Å². The number of amidine groups is 1. The summed E-state index contributed by atoms with van der Waals surface area (Å²) < 4.78 is 28.0. The lowest BCUT2D eigenvalue weighted by atomic mass is 10.1. The molecule has 7 nitrogen and oxygen atoms in total. The number of pyridine rings is 1. The number of carbonyl (C=O) groups excluding carboxylic acids is 2. The molecule has 0 spiro atoms. The van der Waals surface area contributed by atoms with Crippen LogP contribution in [0.25, 0.3) is 0 Å². The van der Waals surface area contributed by atoms with Gasteiger partial charge in [0.1, 0.15) is 23.3 Å². The predicted molar refractivity (Wildman–Crippen MR) is 109 cm³/mol. The molecule has 2 amide bonds. The Hall–Kier alpha value is -3.85. The van der Waals surface area contributed by atoms with E-state index < -0.39 is 23.4 Å². The third kappa shape index (κ3) is 4.76. The number of aromatic nitrogens is 1. The second kappa shape index (κ2) is 8.66. The van der Waals surface area contributed by atoms with Crippen LogP contribution in [0.4, 0.5) is 20.3 Å². The highest BCUT2D eigenvalue weighted by Gasteiger charge is 2.18. The minimum atomic E-state index is -0.904. The first kappa shape index (κ1) is 20.9. The molecular weight excluding hydrogens is 416 g/mol. The number of halogens is 3. The molecule has 0 radical (unpaired) electrons. The van der Waals surface area contributed by atoms with Crippen LogP contribution >= 0.6 is 11.6 Å². The summed E-state index contributed by atoms with van der Waals surface area (Å²) in [5.41, 5.74) is 4.84. The Morgan fingerprint density at radius 1 is 0.967 bits per heavy atom. The van der Waals surface area contributed by atoms with Crippen molar-refractivity contribution in [2.45, 2.75) is 0 Å². The lowest BCUT2D eigenvalue weighted by Crippen LogP contribution is -2.20. The number of amides is 2. The standard InChI is InChI=1S/C20H14ClF2N5O2/c21-11-2-6-17(26-9-11)28-20(30)14-8-12(22)3-5-16(14)27-19(29)13-4-1-10(18(24)25)7-15(13)23/h1-9H,(H3,24,25)(H,27,29)(H,26,28,30). The first-order valence-corrected chi connectivity index (χ1v) is 8.80. The number of nitrogens with zero attached hydrogens (tertiary/aromatic N) is 1. The van der Waals surface area contributed by atoms with Gasteiger partial charge >= 0.3 is 0 Å². The Bertz CT molecular complexity index is 1150. The van der Waals surface area contributed by atoms with Gasteiger partial charge in [-0.1, -0.05) is 17.7 Å². The molecule has 0 unspecified atom stereocenters. The zero-order valence-electron chi connectivity index (χ0n) is 15.2. The van der Waals surface area contributed by atoms with E-state index in [4.69, 9.17) is 22.7 Å². The summed E-state index contributed by atoms with van der Waals surface area (Å²) >= 11 is 5.74. The largest absolute Gasteiger partial charge is 0.384 e. The van der Waals surface area contributed by atoms with Crippen LogP contribution in [0.1, 0.15) is 26.3 Å². The number of hydrogen-bond donors (Lipinski definition) is 4. The van der Waals surface area contributed by atoms with Crippen LogP contribution in [0, 0.1) is 17.0 Å². The van der Waals surface area contributed by atoms with Crippen molar-refractivity contribution in [1.29, 1.82) is 5.41 Å². The third-order valence-electron chi connectivity index (χ3n) is 3.97. The number of rotatable bonds is 5. The minimum absolute atomic E-state index is 0.0390. The Morgan fingerprint density at radius 2 is 1.70 bits per heavy atom. The highest BCUT2D eigenvalue weighted by Crippen LogP contribution is 2.21. The molecule has 5 N–H and O–H groups in total. The van der Waals surface area contributed by atoms with Crippen LogP contribution in [0.3, 0.4) is 0 Å². The molecule has 10 heteroatoms. The molecule has 3 aromatic rings. The molecule has 30 heavy (non-hydrogen) atoms. The maximum Gasteiger partial charge on any atom is 0.259 e. The van der Waals surface area contributed by atoms with Crippen LogP contribution in [0.2, 0.25) is 5.02 Å². The molecule has 2 aromatic carbocycles.